The Morgan fingerprint density at radius 2 is 2.11 bits per heavy atom. The van der Waals surface area contributed by atoms with Gasteiger partial charge in [0.2, 0.25) is 0 Å². The summed E-state index contributed by atoms with van der Waals surface area (Å²) in [4.78, 5) is 0. The lowest BCUT2D eigenvalue weighted by atomic mass is 10.0. The highest BCUT2D eigenvalue weighted by Gasteiger charge is 2.13. The molecule has 2 unspecified atom stereocenters. The van der Waals surface area contributed by atoms with Crippen LogP contribution in [0.1, 0.15) is 37.4 Å². The first-order valence-electron chi connectivity index (χ1n) is 6.91. The van der Waals surface area contributed by atoms with Crippen molar-refractivity contribution in [3.8, 4) is 0 Å². The largest absolute Gasteiger partial charge is 0.388 e. The van der Waals surface area contributed by atoms with Gasteiger partial charge in [-0.25, -0.2) is 0 Å². The van der Waals surface area contributed by atoms with Gasteiger partial charge in [-0.15, -0.1) is 0 Å². The lowest BCUT2D eigenvalue weighted by Gasteiger charge is -2.22. The predicted octanol–water partition coefficient (Wildman–Crippen LogP) is 2.99. The number of thioether (sulfide) groups is 1. The molecule has 1 aromatic carbocycles. The van der Waals surface area contributed by atoms with Gasteiger partial charge < -0.3 is 10.4 Å². The molecular weight excluding hydrogens is 242 g/mol. The van der Waals surface area contributed by atoms with Crippen LogP contribution in [0.4, 0.5) is 0 Å². The Hall–Kier alpha value is -0.510. The molecule has 18 heavy (non-hydrogen) atoms. The summed E-state index contributed by atoms with van der Waals surface area (Å²) in [5.74, 6) is 1.25. The summed E-state index contributed by atoms with van der Waals surface area (Å²) in [5, 5.41) is 14.3. The summed E-state index contributed by atoms with van der Waals surface area (Å²) >= 11 is 2.09. The van der Waals surface area contributed by atoms with Gasteiger partial charge in [-0.2, -0.15) is 11.8 Å². The Bertz CT molecular complexity index is 325. The van der Waals surface area contributed by atoms with Crippen LogP contribution in [0.3, 0.4) is 0 Å². The first-order chi connectivity index (χ1) is 8.86. The van der Waals surface area contributed by atoms with E-state index < -0.39 is 0 Å². The highest BCUT2D eigenvalue weighted by Crippen LogP contribution is 2.23. The van der Waals surface area contributed by atoms with Crippen LogP contribution < -0.4 is 5.32 Å². The highest BCUT2D eigenvalue weighted by molar-refractivity contribution is 8.00. The van der Waals surface area contributed by atoms with E-state index in [2.05, 4.69) is 17.1 Å². The molecule has 100 valence electrons. The van der Waals surface area contributed by atoms with Crippen molar-refractivity contribution in [1.82, 2.24) is 5.32 Å². The van der Waals surface area contributed by atoms with Gasteiger partial charge in [0.05, 0.1) is 6.10 Å². The van der Waals surface area contributed by atoms with E-state index in [0.29, 0.717) is 0 Å². The van der Waals surface area contributed by atoms with Gasteiger partial charge in [0.25, 0.3) is 0 Å². The summed E-state index contributed by atoms with van der Waals surface area (Å²) in [5.41, 5.74) is 1.05. The minimum atomic E-state index is -0.289. The second-order valence-electron chi connectivity index (χ2n) is 4.91. The molecule has 2 nitrogen and oxygen atoms in total. The fraction of sp³-hybridized carbons (Fsp3) is 0.600. The van der Waals surface area contributed by atoms with Gasteiger partial charge in [0.15, 0.2) is 0 Å². The molecule has 2 atom stereocenters. The van der Waals surface area contributed by atoms with Gasteiger partial charge in [0.1, 0.15) is 0 Å². The van der Waals surface area contributed by atoms with E-state index in [1.807, 2.05) is 30.3 Å². The van der Waals surface area contributed by atoms with Gasteiger partial charge in [-0.1, -0.05) is 43.2 Å². The summed E-state index contributed by atoms with van der Waals surface area (Å²) in [6, 6.07) is 9.98. The molecule has 1 saturated heterocycles. The number of hydrogen-bond donors (Lipinski definition) is 2. The molecule has 1 fully saturated rings. The molecule has 0 aliphatic carbocycles. The Kier molecular flexibility index (Phi) is 6.05. The summed E-state index contributed by atoms with van der Waals surface area (Å²) in [7, 11) is 0. The summed E-state index contributed by atoms with van der Waals surface area (Å²) in [6.45, 7) is 2.32. The number of hydrogen-bond acceptors (Lipinski definition) is 3. The smallest absolute Gasteiger partial charge is 0.0790 e. The molecule has 1 heterocycles. The predicted molar refractivity (Wildman–Crippen MR) is 79.0 cm³/mol. The molecule has 1 aliphatic rings. The zero-order valence-corrected chi connectivity index (χ0v) is 11.7. The SMILES string of the molecule is OC(CCCCC1CNCCS1)c1ccccc1. The monoisotopic (exact) mass is 265 g/mol. The first kappa shape index (κ1) is 13.9. The molecule has 2 rings (SSSR count). The van der Waals surface area contributed by atoms with Crippen molar-refractivity contribution in [2.24, 2.45) is 0 Å². The lowest BCUT2D eigenvalue weighted by Crippen LogP contribution is -2.32. The van der Waals surface area contributed by atoms with Crippen molar-refractivity contribution in [1.29, 1.82) is 0 Å². The highest BCUT2D eigenvalue weighted by atomic mass is 32.2. The number of rotatable bonds is 6. The van der Waals surface area contributed by atoms with Crippen LogP contribution in [-0.4, -0.2) is 29.2 Å². The quantitative estimate of drug-likeness (QED) is 0.776. The Morgan fingerprint density at radius 3 is 2.83 bits per heavy atom. The zero-order valence-electron chi connectivity index (χ0n) is 10.8. The van der Waals surface area contributed by atoms with Crippen molar-refractivity contribution in [3.63, 3.8) is 0 Å². The number of unbranched alkanes of at least 4 members (excludes halogenated alkanes) is 1. The number of nitrogens with one attached hydrogen (secondary N) is 1. The van der Waals surface area contributed by atoms with E-state index in [9.17, 15) is 5.11 Å². The van der Waals surface area contributed by atoms with E-state index in [4.69, 9.17) is 0 Å². The van der Waals surface area contributed by atoms with Crippen LogP contribution in [0.15, 0.2) is 30.3 Å². The minimum Gasteiger partial charge on any atom is -0.388 e. The van der Waals surface area contributed by atoms with E-state index in [1.165, 1.54) is 18.6 Å². The third-order valence-electron chi connectivity index (χ3n) is 3.44. The van der Waals surface area contributed by atoms with Crippen molar-refractivity contribution in [2.45, 2.75) is 37.0 Å². The van der Waals surface area contributed by atoms with E-state index in [-0.39, 0.29) is 6.10 Å². The fourth-order valence-electron chi connectivity index (χ4n) is 2.36. The van der Waals surface area contributed by atoms with Crippen LogP contribution in [0, 0.1) is 0 Å². The van der Waals surface area contributed by atoms with Crippen LogP contribution in [-0.2, 0) is 0 Å². The van der Waals surface area contributed by atoms with Crippen LogP contribution in [0.2, 0.25) is 0 Å². The van der Waals surface area contributed by atoms with Crippen LogP contribution >= 0.6 is 11.8 Å². The molecule has 2 N–H and O–H groups in total. The maximum Gasteiger partial charge on any atom is 0.0790 e. The van der Waals surface area contributed by atoms with Gasteiger partial charge in [-0.05, 0) is 18.4 Å². The van der Waals surface area contributed by atoms with Crippen molar-refractivity contribution in [3.05, 3.63) is 35.9 Å². The Balaban J connectivity index is 1.60. The van der Waals surface area contributed by atoms with E-state index in [1.54, 1.807) is 0 Å². The second-order valence-corrected chi connectivity index (χ2v) is 6.32. The van der Waals surface area contributed by atoms with Gasteiger partial charge in [0, 0.05) is 24.1 Å². The normalized spacial score (nSPS) is 21.7. The molecule has 0 spiro atoms. The summed E-state index contributed by atoms with van der Waals surface area (Å²) < 4.78 is 0. The average molecular weight is 265 g/mol. The minimum absolute atomic E-state index is 0.289. The fourth-order valence-corrected chi connectivity index (χ4v) is 3.52. The third kappa shape index (κ3) is 4.63. The zero-order chi connectivity index (χ0) is 12.6. The number of aliphatic hydroxyl groups is 1. The molecule has 0 aromatic heterocycles. The summed E-state index contributed by atoms with van der Waals surface area (Å²) in [6.07, 6.45) is 4.22. The van der Waals surface area contributed by atoms with Crippen molar-refractivity contribution in [2.75, 3.05) is 18.8 Å². The van der Waals surface area contributed by atoms with Crippen LogP contribution in [0.5, 0.6) is 0 Å². The van der Waals surface area contributed by atoms with Crippen molar-refractivity contribution >= 4 is 11.8 Å². The Labute approximate surface area is 114 Å². The van der Waals surface area contributed by atoms with E-state index in [0.717, 1.165) is 36.7 Å². The van der Waals surface area contributed by atoms with Gasteiger partial charge in [-0.3, -0.25) is 0 Å². The molecule has 3 heteroatoms. The number of benzene rings is 1. The molecule has 1 aliphatic heterocycles. The van der Waals surface area contributed by atoms with Crippen LogP contribution in [0.25, 0.3) is 0 Å². The van der Waals surface area contributed by atoms with Crippen molar-refractivity contribution < 1.29 is 5.11 Å². The molecule has 0 amide bonds. The molecule has 1 aromatic rings. The number of aliphatic hydroxyl groups excluding tert-OH is 1. The first-order valence-corrected chi connectivity index (χ1v) is 7.96. The maximum atomic E-state index is 10.0. The lowest BCUT2D eigenvalue weighted by molar-refractivity contribution is 0.163. The molecule has 0 bridgehead atoms. The molecule has 0 saturated carbocycles. The maximum absolute atomic E-state index is 10.0. The van der Waals surface area contributed by atoms with E-state index >= 15 is 0 Å². The Morgan fingerprint density at radius 1 is 1.28 bits per heavy atom. The second kappa shape index (κ2) is 7.82. The topological polar surface area (TPSA) is 32.3 Å². The third-order valence-corrected chi connectivity index (χ3v) is 4.76. The average Bonchev–Trinajstić information content (AvgIpc) is 2.45. The standard InChI is InChI=1S/C15H23NOS/c17-15(13-6-2-1-3-7-13)9-5-4-8-14-12-16-10-11-18-14/h1-3,6-7,14-17H,4-5,8-12H2. The van der Waals surface area contributed by atoms with Gasteiger partial charge >= 0.3 is 0 Å². The molecule has 0 radical (unpaired) electrons. The molecular formula is C15H23NOS.